The predicted octanol–water partition coefficient (Wildman–Crippen LogP) is 2.38. The number of hydrogen-bond acceptors (Lipinski definition) is 0. The van der Waals surface area contributed by atoms with Gasteiger partial charge in [-0.3, -0.25) is 0 Å². The average molecular weight is 131 g/mol. The van der Waals surface area contributed by atoms with Crippen LogP contribution >= 0.6 is 0 Å². The van der Waals surface area contributed by atoms with Gasteiger partial charge in [-0.2, -0.15) is 0 Å². The molecule has 0 bridgehead atoms. The third kappa shape index (κ3) is 0.900. The fraction of sp³-hybridized carbons (Fsp3) is 0.300. The molecule has 0 saturated heterocycles. The fourth-order valence-corrected chi connectivity index (χ4v) is 1.52. The highest BCUT2D eigenvalue weighted by atomic mass is 14.1. The van der Waals surface area contributed by atoms with Crippen molar-refractivity contribution in [3.63, 3.8) is 0 Å². The van der Waals surface area contributed by atoms with Crippen LogP contribution in [-0.2, 0) is 12.8 Å². The highest BCUT2D eigenvalue weighted by Gasteiger charge is 2.12. The molecule has 0 unspecified atom stereocenters. The molecule has 0 nitrogen and oxygen atoms in total. The monoisotopic (exact) mass is 131 g/mol. The zero-order valence-corrected chi connectivity index (χ0v) is 6.01. The first kappa shape index (κ1) is 5.84. The van der Waals surface area contributed by atoms with Gasteiger partial charge in [0.1, 0.15) is 6.42 Å². The number of hydrogen-bond donors (Lipinski definition) is 0. The molecule has 2 rings (SSSR count). The van der Waals surface area contributed by atoms with E-state index in [1.54, 1.807) is 5.56 Å². The molecule has 1 aromatic carbocycles. The van der Waals surface area contributed by atoms with Gasteiger partial charge in [0.05, 0.1) is 12.8 Å². The summed E-state index contributed by atoms with van der Waals surface area (Å²) in [4.78, 5) is 0. The lowest BCUT2D eigenvalue weighted by Gasteiger charge is -2.07. The van der Waals surface area contributed by atoms with E-state index in [-0.39, 0.29) is 0 Å². The van der Waals surface area contributed by atoms with Crippen LogP contribution in [0.1, 0.15) is 17.5 Å². The Morgan fingerprint density at radius 2 is 1.90 bits per heavy atom. The Kier molecular flexibility index (Phi) is 1.39. The van der Waals surface area contributed by atoms with Gasteiger partial charge < -0.3 is 0 Å². The van der Waals surface area contributed by atoms with Gasteiger partial charge in [0.15, 0.2) is 0 Å². The summed E-state index contributed by atoms with van der Waals surface area (Å²) in [5.41, 5.74) is 3.07. The van der Waals surface area contributed by atoms with Crippen LogP contribution in [-0.4, -0.2) is 0 Å². The lowest BCUT2D eigenvalue weighted by molar-refractivity contribution is 0.829. The van der Waals surface area contributed by atoms with E-state index >= 15 is 0 Å². The standard InChI is InChI=1S/C10H11/c1-2-6-10-8-4-3-7-9(10)5-1/h1-3,5-6H,4,7-8H2/q+1. The maximum Gasteiger partial charge on any atom is 0.113 e. The number of fused-ring (bicyclic) bond motifs is 1. The zero-order chi connectivity index (χ0) is 6.81. The van der Waals surface area contributed by atoms with E-state index in [2.05, 4.69) is 30.7 Å². The van der Waals surface area contributed by atoms with Gasteiger partial charge in [0.2, 0.25) is 0 Å². The third-order valence-electron chi connectivity index (χ3n) is 2.10. The quantitative estimate of drug-likeness (QED) is 0.474. The number of rotatable bonds is 0. The Morgan fingerprint density at radius 1 is 1.10 bits per heavy atom. The van der Waals surface area contributed by atoms with Gasteiger partial charge in [-0.15, -0.1) is 0 Å². The molecule has 0 N–H and O–H groups in total. The smallest absolute Gasteiger partial charge is 0.0620 e. The minimum atomic E-state index is 1.18. The minimum absolute atomic E-state index is 1.18. The van der Waals surface area contributed by atoms with Crippen molar-refractivity contribution in [3.05, 3.63) is 41.8 Å². The van der Waals surface area contributed by atoms with Crippen LogP contribution in [0.25, 0.3) is 0 Å². The normalized spacial score (nSPS) is 15.6. The molecule has 10 heavy (non-hydrogen) atoms. The summed E-state index contributed by atoms with van der Waals surface area (Å²) < 4.78 is 0. The van der Waals surface area contributed by atoms with Crippen molar-refractivity contribution in [3.8, 4) is 0 Å². The second kappa shape index (κ2) is 2.37. The highest BCUT2D eigenvalue weighted by molar-refractivity contribution is 5.30. The molecule has 0 saturated carbocycles. The van der Waals surface area contributed by atoms with Gasteiger partial charge in [-0.05, 0) is 11.1 Å². The Balaban J connectivity index is 2.41. The van der Waals surface area contributed by atoms with Crippen LogP contribution in [0.3, 0.4) is 0 Å². The maximum absolute atomic E-state index is 2.36. The van der Waals surface area contributed by atoms with Crippen molar-refractivity contribution < 1.29 is 0 Å². The first-order chi connectivity index (χ1) is 4.97. The summed E-state index contributed by atoms with van der Waals surface area (Å²) in [7, 11) is 0. The molecule has 0 fully saturated rings. The second-order valence-corrected chi connectivity index (χ2v) is 2.80. The largest absolute Gasteiger partial charge is 0.113 e. The molecule has 0 atom stereocenters. The van der Waals surface area contributed by atoms with E-state index in [0.717, 1.165) is 0 Å². The van der Waals surface area contributed by atoms with E-state index in [9.17, 15) is 0 Å². The van der Waals surface area contributed by atoms with Crippen LogP contribution in [0, 0.1) is 6.42 Å². The summed E-state index contributed by atoms with van der Waals surface area (Å²) in [6.45, 7) is 0. The Morgan fingerprint density at radius 3 is 2.70 bits per heavy atom. The molecule has 0 radical (unpaired) electrons. The molecule has 50 valence electrons. The Labute approximate surface area is 61.9 Å². The second-order valence-electron chi connectivity index (χ2n) is 2.80. The zero-order valence-electron chi connectivity index (χ0n) is 6.01. The minimum Gasteiger partial charge on any atom is -0.0620 e. The Bertz CT molecular complexity index is 200. The molecule has 1 aromatic rings. The van der Waals surface area contributed by atoms with E-state index < -0.39 is 0 Å². The van der Waals surface area contributed by atoms with Gasteiger partial charge in [-0.25, -0.2) is 0 Å². The molecule has 0 heteroatoms. The van der Waals surface area contributed by atoms with Crippen molar-refractivity contribution in [1.82, 2.24) is 0 Å². The number of benzene rings is 1. The van der Waals surface area contributed by atoms with E-state index in [1.165, 1.54) is 24.8 Å². The summed E-state index contributed by atoms with van der Waals surface area (Å²) in [5.74, 6) is 0. The molecule has 1 aliphatic carbocycles. The Hall–Kier alpha value is -0.910. The van der Waals surface area contributed by atoms with Crippen LogP contribution in [0.4, 0.5) is 0 Å². The summed E-state index contributed by atoms with van der Waals surface area (Å²) in [6, 6.07) is 8.72. The van der Waals surface area contributed by atoms with Gasteiger partial charge in [0.25, 0.3) is 0 Å². The van der Waals surface area contributed by atoms with E-state index in [1.807, 2.05) is 0 Å². The topological polar surface area (TPSA) is 0 Å². The molecule has 0 heterocycles. The van der Waals surface area contributed by atoms with Crippen molar-refractivity contribution in [2.45, 2.75) is 19.3 Å². The summed E-state index contributed by atoms with van der Waals surface area (Å²) in [6.07, 6.45) is 6.05. The molecular weight excluding hydrogens is 120 g/mol. The first-order valence-electron chi connectivity index (χ1n) is 3.85. The fourth-order valence-electron chi connectivity index (χ4n) is 1.52. The van der Waals surface area contributed by atoms with Gasteiger partial charge in [-0.1, -0.05) is 24.3 Å². The molecule has 0 aromatic heterocycles. The summed E-state index contributed by atoms with van der Waals surface area (Å²) >= 11 is 0. The first-order valence-corrected chi connectivity index (χ1v) is 3.85. The molecule has 1 aliphatic rings. The molecular formula is C10H11+. The van der Waals surface area contributed by atoms with E-state index in [4.69, 9.17) is 0 Å². The van der Waals surface area contributed by atoms with Crippen molar-refractivity contribution in [1.29, 1.82) is 0 Å². The van der Waals surface area contributed by atoms with Gasteiger partial charge >= 0.3 is 0 Å². The average Bonchev–Trinajstić information content (AvgIpc) is 2.05. The van der Waals surface area contributed by atoms with Crippen LogP contribution < -0.4 is 0 Å². The SMILES string of the molecule is c1ccc2c(c1)C[CH+]CC2. The highest BCUT2D eigenvalue weighted by Crippen LogP contribution is 2.19. The third-order valence-corrected chi connectivity index (χ3v) is 2.10. The lowest BCUT2D eigenvalue weighted by Crippen LogP contribution is -2.01. The van der Waals surface area contributed by atoms with Crippen molar-refractivity contribution >= 4 is 0 Å². The van der Waals surface area contributed by atoms with Crippen molar-refractivity contribution in [2.75, 3.05) is 0 Å². The van der Waals surface area contributed by atoms with Crippen LogP contribution in [0.5, 0.6) is 0 Å². The van der Waals surface area contributed by atoms with Gasteiger partial charge in [0, 0.05) is 6.42 Å². The molecule has 0 aliphatic heterocycles. The number of aryl methyl sites for hydroxylation is 1. The molecule has 0 spiro atoms. The van der Waals surface area contributed by atoms with Crippen molar-refractivity contribution in [2.24, 2.45) is 0 Å². The van der Waals surface area contributed by atoms with E-state index in [0.29, 0.717) is 0 Å². The molecule has 0 amide bonds. The van der Waals surface area contributed by atoms with Crippen LogP contribution in [0.2, 0.25) is 0 Å². The summed E-state index contributed by atoms with van der Waals surface area (Å²) in [5, 5.41) is 0. The predicted molar refractivity (Wildman–Crippen MR) is 42.8 cm³/mol. The maximum atomic E-state index is 2.36. The van der Waals surface area contributed by atoms with Crippen LogP contribution in [0.15, 0.2) is 24.3 Å². The lowest BCUT2D eigenvalue weighted by atomic mass is 9.92.